The van der Waals surface area contributed by atoms with Gasteiger partial charge in [0.1, 0.15) is 0 Å². The lowest BCUT2D eigenvalue weighted by molar-refractivity contribution is -0.134. The molecule has 2 bridgehead atoms. The van der Waals surface area contributed by atoms with E-state index >= 15 is 0 Å². The summed E-state index contributed by atoms with van der Waals surface area (Å²) in [4.78, 5) is 14.8. The zero-order valence-corrected chi connectivity index (χ0v) is 29.5. The molecule has 1 aliphatic heterocycles. The van der Waals surface area contributed by atoms with Crippen molar-refractivity contribution in [1.82, 2.24) is 9.62 Å². The predicted molar refractivity (Wildman–Crippen MR) is 184 cm³/mol. The van der Waals surface area contributed by atoms with Crippen molar-refractivity contribution >= 4 is 31.9 Å². The molecule has 3 aliphatic rings. The van der Waals surface area contributed by atoms with Crippen LogP contribution in [0.3, 0.4) is 0 Å². The number of nitrogens with one attached hydrogen (secondary N) is 1. The first-order chi connectivity index (χ1) is 21.1. The zero-order valence-electron chi connectivity index (χ0n) is 27.1. The third kappa shape index (κ3) is 6.43. The second-order valence-corrected chi connectivity index (χ2v) is 15.2. The fourth-order valence-corrected chi connectivity index (χ4v) is 10.8. The smallest absolute Gasteiger partial charge is 0.241 e. The molecule has 5 nitrogen and oxygen atoms in total. The molecule has 5 unspecified atom stereocenters. The van der Waals surface area contributed by atoms with Gasteiger partial charge < -0.3 is 5.32 Å². The van der Waals surface area contributed by atoms with E-state index in [0.717, 1.165) is 40.4 Å². The van der Waals surface area contributed by atoms with E-state index in [1.807, 2.05) is 100 Å². The number of sulfonamides is 1. The lowest BCUT2D eigenvalue weighted by Crippen LogP contribution is -2.49. The maximum atomic E-state index is 14.8. The number of benzene rings is 3. The van der Waals surface area contributed by atoms with Crippen LogP contribution in [-0.4, -0.2) is 30.4 Å². The molecule has 3 aromatic rings. The minimum Gasteiger partial charge on any atom is -0.305 e. The van der Waals surface area contributed by atoms with Crippen molar-refractivity contribution in [2.75, 3.05) is 5.75 Å². The molecule has 1 N–H and O–H groups in total. The normalized spacial score (nSPS) is 25.1. The Kier molecular flexibility index (Phi) is 11.2. The molecule has 1 spiro atoms. The van der Waals surface area contributed by atoms with Crippen LogP contribution in [0.15, 0.2) is 89.4 Å². The van der Waals surface area contributed by atoms with Crippen LogP contribution >= 0.6 is 15.9 Å². The molecule has 7 heteroatoms. The standard InChI is InChI=1S/C33H37BrN2O3S.2C2H6/c1-32(2)26-17-18-33(32)22-40(38,39)36(29(33)20-26)31(37)28(19-23-9-5-3-6-10-23)30(25-13-15-27(34)16-14-25)35-21-24-11-7-4-8-12-24;2*1-2/h3-16,26,28-30,35H,17-22H2,1-2H3;2*1-2H3. The van der Waals surface area contributed by atoms with Crippen molar-refractivity contribution in [3.05, 3.63) is 106 Å². The molecule has 2 aliphatic carbocycles. The van der Waals surface area contributed by atoms with Gasteiger partial charge in [-0.1, -0.05) is 130 Å². The molecule has 6 rings (SSSR count). The highest BCUT2D eigenvalue weighted by Crippen LogP contribution is 2.70. The molecule has 238 valence electrons. The SMILES string of the molecule is CC.CC.CC1(C)C2CCC13CS(=O)(=O)N(C(=O)C(Cc1ccccc1)C(NCc1ccccc1)c1ccc(Br)cc1)C3C2. The van der Waals surface area contributed by atoms with Crippen LogP contribution < -0.4 is 5.32 Å². The van der Waals surface area contributed by atoms with Crippen LogP contribution in [0, 0.1) is 22.7 Å². The molecule has 0 radical (unpaired) electrons. The molecule has 1 amide bonds. The summed E-state index contributed by atoms with van der Waals surface area (Å²) in [6.07, 6.45) is 3.15. The third-order valence-corrected chi connectivity index (χ3v) is 12.7. The van der Waals surface area contributed by atoms with Crippen molar-refractivity contribution in [1.29, 1.82) is 0 Å². The Morgan fingerprint density at radius 3 is 2.05 bits per heavy atom. The second-order valence-electron chi connectivity index (χ2n) is 12.4. The Hall–Kier alpha value is -2.48. The number of nitrogens with zero attached hydrogens (tertiary/aromatic N) is 1. The van der Waals surface area contributed by atoms with Gasteiger partial charge in [0.25, 0.3) is 0 Å². The number of carbonyl (C=O) groups excluding carboxylic acids is 1. The quantitative estimate of drug-likeness (QED) is 0.259. The summed E-state index contributed by atoms with van der Waals surface area (Å²) in [6.45, 7) is 13.0. The number of halogens is 1. The van der Waals surface area contributed by atoms with Crippen LogP contribution in [0.1, 0.15) is 83.5 Å². The van der Waals surface area contributed by atoms with Gasteiger partial charge in [0.05, 0.1) is 17.7 Å². The van der Waals surface area contributed by atoms with Crippen LogP contribution in [0.4, 0.5) is 0 Å². The average molecular weight is 682 g/mol. The summed E-state index contributed by atoms with van der Waals surface area (Å²) in [5.41, 5.74) is 2.65. The maximum absolute atomic E-state index is 14.8. The first-order valence-electron chi connectivity index (χ1n) is 16.2. The molecule has 0 aromatic heterocycles. The van der Waals surface area contributed by atoms with E-state index in [2.05, 4.69) is 47.2 Å². The average Bonchev–Trinajstić information content (AvgIpc) is 3.52. The van der Waals surface area contributed by atoms with Gasteiger partial charge in [0.15, 0.2) is 0 Å². The molecule has 1 saturated heterocycles. The van der Waals surface area contributed by atoms with E-state index in [-0.39, 0.29) is 34.6 Å². The van der Waals surface area contributed by atoms with Crippen molar-refractivity contribution < 1.29 is 13.2 Å². The minimum atomic E-state index is -3.74. The Morgan fingerprint density at radius 1 is 0.909 bits per heavy atom. The Bertz CT molecular complexity index is 1480. The maximum Gasteiger partial charge on any atom is 0.241 e. The van der Waals surface area contributed by atoms with Crippen LogP contribution in [0.5, 0.6) is 0 Å². The van der Waals surface area contributed by atoms with Gasteiger partial charge in [0.2, 0.25) is 15.9 Å². The lowest BCUT2D eigenvalue weighted by Gasteiger charge is -2.38. The van der Waals surface area contributed by atoms with Gasteiger partial charge in [-0.3, -0.25) is 4.79 Å². The highest BCUT2D eigenvalue weighted by molar-refractivity contribution is 9.10. The molecule has 3 fully saturated rings. The Labute approximate surface area is 274 Å². The number of hydrogen-bond acceptors (Lipinski definition) is 4. The van der Waals surface area contributed by atoms with Crippen molar-refractivity contribution in [2.24, 2.45) is 22.7 Å². The topological polar surface area (TPSA) is 66.5 Å². The van der Waals surface area contributed by atoms with Crippen LogP contribution in [0.25, 0.3) is 0 Å². The van der Waals surface area contributed by atoms with E-state index < -0.39 is 15.9 Å². The molecule has 5 atom stereocenters. The number of carbonyl (C=O) groups is 1. The van der Waals surface area contributed by atoms with E-state index in [4.69, 9.17) is 0 Å². The first-order valence-corrected chi connectivity index (χ1v) is 18.7. The van der Waals surface area contributed by atoms with E-state index in [1.54, 1.807) is 0 Å². The molecule has 2 saturated carbocycles. The van der Waals surface area contributed by atoms with Crippen LogP contribution in [0.2, 0.25) is 0 Å². The summed E-state index contributed by atoms with van der Waals surface area (Å²) in [5, 5.41) is 3.67. The fraction of sp³-hybridized carbons (Fsp3) is 0.486. The third-order valence-electron chi connectivity index (χ3n) is 10.2. The number of fused-ring (bicyclic) bond motifs is 1. The van der Waals surface area contributed by atoms with E-state index in [1.165, 1.54) is 4.31 Å². The van der Waals surface area contributed by atoms with Crippen molar-refractivity contribution in [3.8, 4) is 0 Å². The summed E-state index contributed by atoms with van der Waals surface area (Å²) in [6, 6.07) is 27.5. The molecule has 1 heterocycles. The molecular formula is C37H49BrN2O3S. The molecular weight excluding hydrogens is 632 g/mol. The van der Waals surface area contributed by atoms with Crippen molar-refractivity contribution in [3.63, 3.8) is 0 Å². The van der Waals surface area contributed by atoms with Crippen molar-refractivity contribution in [2.45, 2.75) is 85.9 Å². The highest BCUT2D eigenvalue weighted by atomic mass is 79.9. The highest BCUT2D eigenvalue weighted by Gasteiger charge is 2.72. The predicted octanol–water partition coefficient (Wildman–Crippen LogP) is 8.56. The summed E-state index contributed by atoms with van der Waals surface area (Å²) < 4.78 is 30.1. The molecule has 3 aromatic carbocycles. The van der Waals surface area contributed by atoms with Gasteiger partial charge in [-0.05, 0) is 65.8 Å². The first kappa shape index (κ1) is 34.4. The summed E-state index contributed by atoms with van der Waals surface area (Å²) in [5.74, 6) is -0.338. The van der Waals surface area contributed by atoms with Gasteiger partial charge in [-0.25, -0.2) is 12.7 Å². The van der Waals surface area contributed by atoms with Gasteiger partial charge >= 0.3 is 0 Å². The lowest BCUT2D eigenvalue weighted by atomic mass is 9.69. The van der Waals surface area contributed by atoms with E-state index in [0.29, 0.717) is 18.9 Å². The summed E-state index contributed by atoms with van der Waals surface area (Å²) in [7, 11) is -3.74. The van der Waals surface area contributed by atoms with Gasteiger partial charge in [-0.15, -0.1) is 0 Å². The largest absolute Gasteiger partial charge is 0.305 e. The fourth-order valence-electron chi connectivity index (χ4n) is 7.94. The van der Waals surface area contributed by atoms with E-state index in [9.17, 15) is 13.2 Å². The number of rotatable bonds is 8. The van der Waals surface area contributed by atoms with Gasteiger partial charge in [-0.2, -0.15) is 0 Å². The zero-order chi connectivity index (χ0) is 32.1. The molecule has 44 heavy (non-hydrogen) atoms. The number of hydrogen-bond donors (Lipinski definition) is 1. The monoisotopic (exact) mass is 680 g/mol. The van der Waals surface area contributed by atoms with Crippen LogP contribution in [-0.2, 0) is 27.8 Å². The Balaban J connectivity index is 0.00000106. The summed E-state index contributed by atoms with van der Waals surface area (Å²) >= 11 is 3.54. The number of amides is 1. The Morgan fingerprint density at radius 2 is 1.48 bits per heavy atom. The second kappa shape index (κ2) is 14.3. The van der Waals surface area contributed by atoms with Gasteiger partial charge in [0, 0.05) is 22.5 Å². The minimum absolute atomic E-state index is 0.0817.